The van der Waals surface area contributed by atoms with Crippen molar-refractivity contribution < 1.29 is 8.42 Å². The van der Waals surface area contributed by atoms with Crippen LogP contribution in [0.4, 0.5) is 0 Å². The first-order valence-electron chi connectivity index (χ1n) is 3.44. The first kappa shape index (κ1) is 9.70. The Hall–Kier alpha value is -0.850. The maximum absolute atomic E-state index is 11.0. The van der Waals surface area contributed by atoms with Crippen molar-refractivity contribution in [1.82, 2.24) is 14.6 Å². The molecule has 0 amide bonds. The molecule has 2 rings (SSSR count). The van der Waals surface area contributed by atoms with Crippen molar-refractivity contribution in [3.05, 3.63) is 23.5 Å². The molecule has 8 heteroatoms. The van der Waals surface area contributed by atoms with Gasteiger partial charge in [0.05, 0.1) is 0 Å². The van der Waals surface area contributed by atoms with Crippen LogP contribution in [0.25, 0.3) is 5.65 Å². The van der Waals surface area contributed by atoms with Crippen molar-refractivity contribution in [3.63, 3.8) is 0 Å². The number of aromatic nitrogens is 3. The second kappa shape index (κ2) is 3.08. The van der Waals surface area contributed by atoms with Crippen LogP contribution in [0.1, 0.15) is 0 Å². The van der Waals surface area contributed by atoms with Crippen molar-refractivity contribution >= 4 is 37.0 Å². The van der Waals surface area contributed by atoms with Crippen molar-refractivity contribution in [3.8, 4) is 0 Å². The van der Waals surface area contributed by atoms with Crippen molar-refractivity contribution in [2.24, 2.45) is 0 Å². The van der Waals surface area contributed by atoms with Gasteiger partial charge in [-0.3, -0.25) is 0 Å². The number of hydrogen-bond donors (Lipinski definition) is 0. The predicted octanol–water partition coefficient (Wildman–Crippen LogP) is 1.31. The van der Waals surface area contributed by atoms with Gasteiger partial charge in [-0.2, -0.15) is 5.10 Å². The van der Waals surface area contributed by atoms with E-state index in [9.17, 15) is 8.42 Å². The van der Waals surface area contributed by atoms with Crippen molar-refractivity contribution in [2.45, 2.75) is 5.03 Å². The molecule has 14 heavy (non-hydrogen) atoms. The third-order valence-electron chi connectivity index (χ3n) is 1.54. The molecular weight excluding hydrogens is 249 g/mol. The molecule has 2 heterocycles. The second-order valence-corrected chi connectivity index (χ2v) is 5.28. The fourth-order valence-corrected chi connectivity index (χ4v) is 2.40. The zero-order valence-electron chi connectivity index (χ0n) is 6.55. The zero-order chi connectivity index (χ0) is 10.3. The largest absolute Gasteiger partial charge is 0.281 e. The molecular formula is C6H3Cl2N3O2S. The van der Waals surface area contributed by atoms with Crippen LogP contribution in [0.2, 0.25) is 5.15 Å². The van der Waals surface area contributed by atoms with E-state index in [1.165, 1.54) is 10.7 Å². The Morgan fingerprint density at radius 1 is 1.43 bits per heavy atom. The smallest absolute Gasteiger partial charge is 0.213 e. The molecule has 2 aromatic heterocycles. The molecule has 0 aromatic carbocycles. The van der Waals surface area contributed by atoms with Gasteiger partial charge in [0.25, 0.3) is 9.05 Å². The molecule has 74 valence electrons. The summed E-state index contributed by atoms with van der Waals surface area (Å²) in [6.45, 7) is 0. The summed E-state index contributed by atoms with van der Waals surface area (Å²) < 4.78 is 23.2. The monoisotopic (exact) mass is 251 g/mol. The lowest BCUT2D eigenvalue weighted by atomic mass is 10.6. The van der Waals surface area contributed by atoms with Gasteiger partial charge in [-0.15, -0.1) is 0 Å². The lowest BCUT2D eigenvalue weighted by molar-refractivity contribution is 0.607. The third kappa shape index (κ3) is 1.45. The summed E-state index contributed by atoms with van der Waals surface area (Å²) in [5, 5.41) is 3.32. The Labute approximate surface area is 88.7 Å². The Bertz CT molecular complexity index is 592. The number of fused-ring (bicyclic) bond motifs is 1. The maximum atomic E-state index is 11.0. The average Bonchev–Trinajstić information content (AvgIpc) is 2.44. The number of imidazole rings is 1. The summed E-state index contributed by atoms with van der Waals surface area (Å²) in [6, 6.07) is 3.19. The van der Waals surface area contributed by atoms with Gasteiger partial charge in [-0.05, 0) is 12.1 Å². The summed E-state index contributed by atoms with van der Waals surface area (Å²) in [6.07, 6.45) is 1.46. The Morgan fingerprint density at radius 3 is 2.71 bits per heavy atom. The third-order valence-corrected chi connectivity index (χ3v) is 3.18. The standard InChI is InChI=1S/C6H3Cl2N3O2S/c7-5-6(14(8,12)13)10-4-2-1-3-9-11(4)5/h1-3H. The van der Waals surface area contributed by atoms with Crippen LogP contribution in [0.5, 0.6) is 0 Å². The van der Waals surface area contributed by atoms with Crippen molar-refractivity contribution in [2.75, 3.05) is 0 Å². The molecule has 0 aliphatic carbocycles. The van der Waals surface area contributed by atoms with Crippen LogP contribution in [0, 0.1) is 0 Å². The van der Waals surface area contributed by atoms with Gasteiger partial charge in [0, 0.05) is 16.9 Å². The minimum absolute atomic E-state index is 0.115. The Kier molecular flexibility index (Phi) is 2.13. The average molecular weight is 252 g/mol. The number of halogens is 2. The molecule has 0 radical (unpaired) electrons. The molecule has 2 aromatic rings. The quantitative estimate of drug-likeness (QED) is 0.718. The number of nitrogens with zero attached hydrogens (tertiary/aromatic N) is 3. The molecule has 0 aliphatic rings. The van der Waals surface area contributed by atoms with E-state index < -0.39 is 9.05 Å². The molecule has 0 aliphatic heterocycles. The lowest BCUT2D eigenvalue weighted by Crippen LogP contribution is -1.92. The molecule has 0 bridgehead atoms. The SMILES string of the molecule is O=S(=O)(Cl)c1nc2cccnn2c1Cl. The normalized spacial score (nSPS) is 12.1. The fourth-order valence-electron chi connectivity index (χ4n) is 0.996. The molecule has 0 unspecified atom stereocenters. The molecule has 0 N–H and O–H groups in total. The molecule has 0 fully saturated rings. The molecule has 5 nitrogen and oxygen atoms in total. The van der Waals surface area contributed by atoms with E-state index in [-0.39, 0.29) is 10.2 Å². The van der Waals surface area contributed by atoms with Gasteiger partial charge in [0.1, 0.15) is 0 Å². The van der Waals surface area contributed by atoms with E-state index >= 15 is 0 Å². The number of rotatable bonds is 1. The summed E-state index contributed by atoms with van der Waals surface area (Å²) in [7, 11) is 1.19. The molecule has 0 saturated heterocycles. The highest BCUT2D eigenvalue weighted by Gasteiger charge is 2.21. The van der Waals surface area contributed by atoms with Crippen LogP contribution < -0.4 is 0 Å². The lowest BCUT2D eigenvalue weighted by Gasteiger charge is -1.90. The van der Waals surface area contributed by atoms with Gasteiger partial charge in [0.2, 0.25) is 5.03 Å². The van der Waals surface area contributed by atoms with Gasteiger partial charge in [-0.25, -0.2) is 17.9 Å². The Balaban J connectivity index is 2.89. The molecule has 0 spiro atoms. The van der Waals surface area contributed by atoms with Crippen LogP contribution >= 0.6 is 22.3 Å². The first-order valence-corrected chi connectivity index (χ1v) is 6.13. The number of hydrogen-bond acceptors (Lipinski definition) is 4. The van der Waals surface area contributed by atoms with Crippen LogP contribution in [-0.2, 0) is 9.05 Å². The summed E-state index contributed by atoms with van der Waals surface area (Å²) >= 11 is 5.72. The highest BCUT2D eigenvalue weighted by atomic mass is 35.7. The maximum Gasteiger partial charge on any atom is 0.281 e. The highest BCUT2D eigenvalue weighted by molar-refractivity contribution is 8.13. The van der Waals surface area contributed by atoms with E-state index in [0.717, 1.165) is 0 Å². The Morgan fingerprint density at radius 2 is 2.14 bits per heavy atom. The van der Waals surface area contributed by atoms with E-state index in [2.05, 4.69) is 10.1 Å². The summed E-state index contributed by atoms with van der Waals surface area (Å²) in [5.41, 5.74) is 0.330. The minimum atomic E-state index is -3.93. The summed E-state index contributed by atoms with van der Waals surface area (Å²) in [4.78, 5) is 3.73. The minimum Gasteiger partial charge on any atom is -0.213 e. The van der Waals surface area contributed by atoms with Gasteiger partial charge in [-0.1, -0.05) is 11.6 Å². The zero-order valence-corrected chi connectivity index (χ0v) is 8.88. The molecule has 0 saturated carbocycles. The van der Waals surface area contributed by atoms with E-state index in [0.29, 0.717) is 5.65 Å². The second-order valence-electron chi connectivity index (χ2n) is 2.44. The van der Waals surface area contributed by atoms with Gasteiger partial charge >= 0.3 is 0 Å². The van der Waals surface area contributed by atoms with E-state index in [1.54, 1.807) is 12.1 Å². The van der Waals surface area contributed by atoms with Gasteiger partial charge in [0.15, 0.2) is 10.8 Å². The predicted molar refractivity (Wildman–Crippen MR) is 51.0 cm³/mol. The van der Waals surface area contributed by atoms with Crippen molar-refractivity contribution in [1.29, 1.82) is 0 Å². The first-order chi connectivity index (χ1) is 6.50. The fraction of sp³-hybridized carbons (Fsp3) is 0. The molecule has 0 atom stereocenters. The summed E-state index contributed by atoms with van der Waals surface area (Å²) in [5.74, 6) is 0. The topological polar surface area (TPSA) is 64.3 Å². The van der Waals surface area contributed by atoms with Crippen LogP contribution in [0.3, 0.4) is 0 Å². The van der Waals surface area contributed by atoms with Crippen LogP contribution in [0.15, 0.2) is 23.4 Å². The highest BCUT2D eigenvalue weighted by Crippen LogP contribution is 2.24. The van der Waals surface area contributed by atoms with E-state index in [4.69, 9.17) is 22.3 Å². The van der Waals surface area contributed by atoms with Gasteiger partial charge < -0.3 is 0 Å². The van der Waals surface area contributed by atoms with Crippen LogP contribution in [-0.4, -0.2) is 23.0 Å². The van der Waals surface area contributed by atoms with E-state index in [1.807, 2.05) is 0 Å².